The number of fused-ring (bicyclic) bond motifs is 1. The van der Waals surface area contributed by atoms with Gasteiger partial charge in [0.05, 0.1) is 16.3 Å². The van der Waals surface area contributed by atoms with E-state index in [2.05, 4.69) is 25.6 Å². The number of nitrogens with one attached hydrogen (secondary N) is 3. The molecule has 27 heavy (non-hydrogen) atoms. The Morgan fingerprint density at radius 3 is 2.63 bits per heavy atom. The van der Waals surface area contributed by atoms with Gasteiger partial charge in [-0.2, -0.15) is 0 Å². The molecular formula is C18H19N5O3S. The first-order chi connectivity index (χ1) is 12.8. The highest BCUT2D eigenvalue weighted by molar-refractivity contribution is 7.90. The number of hydrogen-bond donors (Lipinski definition) is 3. The summed E-state index contributed by atoms with van der Waals surface area (Å²) in [7, 11) is -3.41. The fraction of sp³-hybridized carbons (Fsp3) is 0.278. The number of anilines is 3. The first kappa shape index (κ1) is 17.5. The molecule has 0 aliphatic heterocycles. The lowest BCUT2D eigenvalue weighted by Crippen LogP contribution is -2.14. The van der Waals surface area contributed by atoms with Crippen LogP contribution in [-0.4, -0.2) is 35.5 Å². The van der Waals surface area contributed by atoms with Gasteiger partial charge < -0.3 is 15.6 Å². The second-order valence-electron chi connectivity index (χ2n) is 6.73. The lowest BCUT2D eigenvalue weighted by molar-refractivity contribution is -0.117. The van der Waals surface area contributed by atoms with E-state index < -0.39 is 9.84 Å². The number of sulfone groups is 1. The Morgan fingerprint density at radius 1 is 1.19 bits per heavy atom. The summed E-state index contributed by atoms with van der Waals surface area (Å²) in [5, 5.41) is 5.96. The maximum absolute atomic E-state index is 12.1. The van der Waals surface area contributed by atoms with Crippen molar-refractivity contribution >= 4 is 44.1 Å². The van der Waals surface area contributed by atoms with Gasteiger partial charge in [0.15, 0.2) is 15.5 Å². The molecule has 4 rings (SSSR count). The van der Waals surface area contributed by atoms with Gasteiger partial charge in [-0.25, -0.2) is 18.4 Å². The van der Waals surface area contributed by atoms with Crippen molar-refractivity contribution < 1.29 is 13.2 Å². The van der Waals surface area contributed by atoms with E-state index in [1.165, 1.54) is 0 Å². The van der Waals surface area contributed by atoms with E-state index in [4.69, 9.17) is 0 Å². The molecule has 0 saturated heterocycles. The molecule has 3 aromatic rings. The van der Waals surface area contributed by atoms with Gasteiger partial charge in [-0.3, -0.25) is 4.79 Å². The molecule has 8 nitrogen and oxygen atoms in total. The van der Waals surface area contributed by atoms with E-state index in [9.17, 15) is 13.2 Å². The molecule has 140 valence electrons. The zero-order chi connectivity index (χ0) is 19.2. The Labute approximate surface area is 156 Å². The average Bonchev–Trinajstić information content (AvgIpc) is 3.37. The quantitative estimate of drug-likeness (QED) is 0.622. The molecule has 1 aliphatic rings. The van der Waals surface area contributed by atoms with Gasteiger partial charge in [-0.05, 0) is 31.9 Å². The van der Waals surface area contributed by atoms with E-state index in [1.807, 2.05) is 0 Å². The first-order valence-corrected chi connectivity index (χ1v) is 10.4. The summed E-state index contributed by atoms with van der Waals surface area (Å²) >= 11 is 0. The number of pyridine rings is 1. The monoisotopic (exact) mass is 385 g/mol. The molecule has 1 saturated carbocycles. The number of H-pyrrole nitrogens is 1. The average molecular weight is 385 g/mol. The van der Waals surface area contributed by atoms with E-state index in [0.29, 0.717) is 34.2 Å². The van der Waals surface area contributed by atoms with E-state index in [0.717, 1.165) is 19.1 Å². The first-order valence-electron chi connectivity index (χ1n) is 8.55. The van der Waals surface area contributed by atoms with E-state index in [1.54, 1.807) is 37.3 Å². The van der Waals surface area contributed by atoms with Crippen molar-refractivity contribution in [3.8, 4) is 0 Å². The molecule has 2 aromatic heterocycles. The largest absolute Gasteiger partial charge is 0.352 e. The highest BCUT2D eigenvalue weighted by Gasteiger charge is 2.30. The molecule has 1 aromatic carbocycles. The topological polar surface area (TPSA) is 117 Å². The Morgan fingerprint density at radius 2 is 1.93 bits per heavy atom. The number of imidazole rings is 1. The lowest BCUT2D eigenvalue weighted by Gasteiger charge is -2.12. The Balaban J connectivity index is 1.77. The third-order valence-electron chi connectivity index (χ3n) is 4.33. The van der Waals surface area contributed by atoms with Crippen molar-refractivity contribution in [1.29, 1.82) is 0 Å². The predicted molar refractivity (Wildman–Crippen MR) is 103 cm³/mol. The number of amides is 1. The predicted octanol–water partition coefficient (Wildman–Crippen LogP) is 2.76. The lowest BCUT2D eigenvalue weighted by atomic mass is 10.2. The van der Waals surface area contributed by atoms with Crippen molar-refractivity contribution in [2.45, 2.75) is 24.7 Å². The summed E-state index contributed by atoms with van der Waals surface area (Å²) in [6, 6.07) is 8.32. The van der Waals surface area contributed by atoms with Crippen LogP contribution in [0.1, 0.15) is 18.7 Å². The van der Waals surface area contributed by atoms with Crippen LogP contribution in [0.3, 0.4) is 0 Å². The number of benzene rings is 1. The zero-order valence-electron chi connectivity index (χ0n) is 14.9. The van der Waals surface area contributed by atoms with Gasteiger partial charge in [0.2, 0.25) is 5.91 Å². The van der Waals surface area contributed by atoms with Crippen LogP contribution in [0, 0.1) is 12.8 Å². The van der Waals surface area contributed by atoms with Gasteiger partial charge in [-0.1, -0.05) is 12.1 Å². The second-order valence-corrected chi connectivity index (χ2v) is 8.72. The number of rotatable bonds is 5. The molecular weight excluding hydrogens is 366 g/mol. The van der Waals surface area contributed by atoms with Crippen molar-refractivity contribution in [3.63, 3.8) is 0 Å². The van der Waals surface area contributed by atoms with Gasteiger partial charge >= 0.3 is 0 Å². The van der Waals surface area contributed by atoms with Crippen LogP contribution < -0.4 is 10.6 Å². The van der Waals surface area contributed by atoms with Gasteiger partial charge in [0, 0.05) is 18.2 Å². The fourth-order valence-corrected chi connectivity index (χ4v) is 3.72. The highest BCUT2D eigenvalue weighted by Crippen LogP contribution is 2.32. The van der Waals surface area contributed by atoms with E-state index >= 15 is 0 Å². The molecule has 2 heterocycles. The summed E-state index contributed by atoms with van der Waals surface area (Å²) in [6.07, 6.45) is 2.95. The third-order valence-corrected chi connectivity index (χ3v) is 5.48. The minimum atomic E-state index is -3.41. The molecule has 1 fully saturated rings. The second kappa shape index (κ2) is 6.34. The van der Waals surface area contributed by atoms with Crippen LogP contribution in [0.5, 0.6) is 0 Å². The number of aromatic amines is 1. The number of aryl methyl sites for hydroxylation is 1. The highest BCUT2D eigenvalue weighted by atomic mass is 32.2. The molecule has 1 amide bonds. The molecule has 0 bridgehead atoms. The molecule has 9 heteroatoms. The fourth-order valence-electron chi connectivity index (χ4n) is 2.88. The molecule has 0 unspecified atom stereocenters. The normalized spacial score (nSPS) is 14.3. The minimum absolute atomic E-state index is 0.0494. The number of nitrogens with zero attached hydrogens (tertiary/aromatic N) is 2. The molecule has 3 N–H and O–H groups in total. The van der Waals surface area contributed by atoms with Crippen LogP contribution in [0.4, 0.5) is 17.2 Å². The van der Waals surface area contributed by atoms with Crippen molar-refractivity contribution in [3.05, 3.63) is 36.2 Å². The summed E-state index contributed by atoms with van der Waals surface area (Å²) < 4.78 is 24.1. The number of para-hydroxylation sites is 1. The standard InChI is InChI=1S/C18H19N5O3S/c1-10-19-16-13(21-12-5-3-4-6-14(12)27(2,25)26)9-15(22-17(16)20-10)23-18(24)11-7-8-11/h3-6,9,11H,7-8H2,1-2H3,(H3,19,20,21,22,23,24). The van der Waals surface area contributed by atoms with Crippen molar-refractivity contribution in [1.82, 2.24) is 15.0 Å². The van der Waals surface area contributed by atoms with Crippen LogP contribution in [0.25, 0.3) is 11.2 Å². The molecule has 1 aliphatic carbocycles. The molecule has 0 radical (unpaired) electrons. The van der Waals surface area contributed by atoms with Crippen molar-refractivity contribution in [2.75, 3.05) is 16.9 Å². The Hall–Kier alpha value is -2.94. The van der Waals surface area contributed by atoms with Crippen LogP contribution in [-0.2, 0) is 14.6 Å². The maximum atomic E-state index is 12.1. The summed E-state index contributed by atoms with van der Waals surface area (Å²) in [5.41, 5.74) is 2.08. The van der Waals surface area contributed by atoms with E-state index in [-0.39, 0.29) is 16.7 Å². The third kappa shape index (κ3) is 3.63. The van der Waals surface area contributed by atoms with Gasteiger partial charge in [0.1, 0.15) is 17.2 Å². The Bertz CT molecular complexity index is 1150. The summed E-state index contributed by atoms with van der Waals surface area (Å²) in [6.45, 7) is 1.80. The van der Waals surface area contributed by atoms with Gasteiger partial charge in [-0.15, -0.1) is 0 Å². The maximum Gasteiger partial charge on any atom is 0.228 e. The van der Waals surface area contributed by atoms with Crippen molar-refractivity contribution in [2.24, 2.45) is 5.92 Å². The molecule has 0 atom stereocenters. The zero-order valence-corrected chi connectivity index (χ0v) is 15.7. The van der Waals surface area contributed by atoms with Crippen LogP contribution in [0.2, 0.25) is 0 Å². The van der Waals surface area contributed by atoms with Crippen LogP contribution in [0.15, 0.2) is 35.2 Å². The van der Waals surface area contributed by atoms with Crippen LogP contribution >= 0.6 is 0 Å². The number of carbonyl (C=O) groups excluding carboxylic acids is 1. The molecule has 0 spiro atoms. The SMILES string of the molecule is Cc1nc2c(Nc3ccccc3S(C)(=O)=O)cc(NC(=O)C3CC3)nc2[nH]1. The Kier molecular flexibility index (Phi) is 4.11. The smallest absolute Gasteiger partial charge is 0.228 e. The minimum Gasteiger partial charge on any atom is -0.352 e. The number of carbonyl (C=O) groups is 1. The number of aromatic nitrogens is 3. The number of hydrogen-bond acceptors (Lipinski definition) is 6. The summed E-state index contributed by atoms with van der Waals surface area (Å²) in [5.74, 6) is 1.05. The van der Waals surface area contributed by atoms with Gasteiger partial charge in [0.25, 0.3) is 0 Å². The summed E-state index contributed by atoms with van der Waals surface area (Å²) in [4.78, 5) is 24.2.